The molecule has 6 atom stereocenters. The first-order valence-electron chi connectivity index (χ1n) is 5.66. The Kier molecular flexibility index (Phi) is 2.08. The minimum absolute atomic E-state index is 0.407. The van der Waals surface area contributed by atoms with Gasteiger partial charge in [0.15, 0.2) is 15.1 Å². The smallest absolute Gasteiger partial charge is 0.274 e. The van der Waals surface area contributed by atoms with E-state index < -0.39 is 52.5 Å². The summed E-state index contributed by atoms with van der Waals surface area (Å²) in [6.45, 7) is 0. The third-order valence-corrected chi connectivity index (χ3v) is 3.71. The topological polar surface area (TPSA) is 167 Å². The van der Waals surface area contributed by atoms with Crippen LogP contribution in [0.1, 0.15) is 0 Å². The molecule has 0 aromatic rings. The standard InChI is InChI=1S/C6H6N6O9/c13-10(14)7-1-2-9(12(17)18)4-3(7)20-6(21-4)5(19-2)8(1)11(15)16/h1-6H. The summed E-state index contributed by atoms with van der Waals surface area (Å²) in [5, 5.41) is 32.1. The van der Waals surface area contributed by atoms with Crippen LogP contribution in [-0.2, 0) is 14.2 Å². The lowest BCUT2D eigenvalue weighted by Gasteiger charge is -2.38. The van der Waals surface area contributed by atoms with Crippen LogP contribution in [0.4, 0.5) is 0 Å². The number of hydrogen-bond donors (Lipinski definition) is 0. The van der Waals surface area contributed by atoms with Gasteiger partial charge >= 0.3 is 0 Å². The molecule has 0 spiro atoms. The average Bonchev–Trinajstić information content (AvgIpc) is 2.85. The van der Waals surface area contributed by atoms with E-state index in [4.69, 9.17) is 14.2 Å². The Morgan fingerprint density at radius 3 is 1.67 bits per heavy atom. The van der Waals surface area contributed by atoms with Gasteiger partial charge in [0.1, 0.15) is 0 Å². The van der Waals surface area contributed by atoms with Crippen LogP contribution in [-0.4, -0.2) is 67.5 Å². The number of nitrogens with zero attached hydrogens (tertiary/aromatic N) is 6. The molecule has 0 saturated carbocycles. The van der Waals surface area contributed by atoms with Gasteiger partial charge in [0.05, 0.1) is 0 Å². The largest absolute Gasteiger partial charge is 0.314 e. The molecule has 0 aromatic carbocycles. The molecule has 5 heterocycles. The predicted molar refractivity (Wildman–Crippen MR) is 52.5 cm³/mol. The van der Waals surface area contributed by atoms with Crippen molar-refractivity contribution < 1.29 is 29.3 Å². The second-order valence-corrected chi connectivity index (χ2v) is 4.61. The number of hydrazine groups is 3. The summed E-state index contributed by atoms with van der Waals surface area (Å²) in [6, 6.07) is 0. The van der Waals surface area contributed by atoms with Crippen LogP contribution in [0, 0.1) is 30.3 Å². The van der Waals surface area contributed by atoms with Crippen molar-refractivity contribution in [2.45, 2.75) is 37.4 Å². The molecule has 5 aliphatic rings. The van der Waals surface area contributed by atoms with Gasteiger partial charge in [0, 0.05) is 0 Å². The van der Waals surface area contributed by atoms with Gasteiger partial charge in [-0.2, -0.15) is 0 Å². The normalized spacial score (nSPS) is 42.6. The maximum Gasteiger partial charge on any atom is 0.274 e. The molecule has 5 saturated heterocycles. The van der Waals surface area contributed by atoms with E-state index in [2.05, 4.69) is 0 Å². The molecule has 5 rings (SSSR count). The highest BCUT2D eigenvalue weighted by Crippen LogP contribution is 2.47. The van der Waals surface area contributed by atoms with Gasteiger partial charge in [-0.3, -0.25) is 0 Å². The minimum Gasteiger partial charge on any atom is -0.314 e. The van der Waals surface area contributed by atoms with Gasteiger partial charge in [0.2, 0.25) is 31.2 Å². The third-order valence-electron chi connectivity index (χ3n) is 3.71. The van der Waals surface area contributed by atoms with Gasteiger partial charge in [-0.15, -0.1) is 0 Å². The molecule has 0 amide bonds. The third kappa shape index (κ3) is 1.27. The maximum atomic E-state index is 11.2. The predicted octanol–water partition coefficient (Wildman–Crippen LogP) is -2.47. The molecule has 0 aromatic heterocycles. The minimum atomic E-state index is -1.60. The molecule has 114 valence electrons. The Hall–Kier alpha value is -2.52. The van der Waals surface area contributed by atoms with Crippen molar-refractivity contribution in [3.05, 3.63) is 30.3 Å². The second-order valence-electron chi connectivity index (χ2n) is 4.61. The van der Waals surface area contributed by atoms with Crippen molar-refractivity contribution in [3.8, 4) is 0 Å². The summed E-state index contributed by atoms with van der Waals surface area (Å²) in [4.78, 5) is 33.5. The zero-order valence-corrected chi connectivity index (χ0v) is 9.82. The SMILES string of the molecule is O=[N+]([O-])N1C2OC3OC2N([N+](=O)[O-])C2C1OC3N2[N+](=O)[O-]. The van der Waals surface area contributed by atoms with E-state index in [0.29, 0.717) is 15.0 Å². The summed E-state index contributed by atoms with van der Waals surface area (Å²) in [7, 11) is 0. The average molecular weight is 306 g/mol. The van der Waals surface area contributed by atoms with E-state index in [1.807, 2.05) is 0 Å². The Balaban J connectivity index is 1.88. The summed E-state index contributed by atoms with van der Waals surface area (Å²) in [6.07, 6.45) is -8.66. The molecule has 0 aliphatic carbocycles. The van der Waals surface area contributed by atoms with Crippen LogP contribution in [0.25, 0.3) is 0 Å². The first-order chi connectivity index (χ1) is 9.91. The molecule has 5 fully saturated rings. The van der Waals surface area contributed by atoms with Crippen LogP contribution >= 0.6 is 0 Å². The summed E-state index contributed by atoms with van der Waals surface area (Å²) in [5.74, 6) is 0. The number of piperazine rings is 1. The Labute approximate surface area is 113 Å². The highest BCUT2D eigenvalue weighted by Gasteiger charge is 2.77. The molecule has 6 bridgehead atoms. The van der Waals surface area contributed by atoms with Crippen molar-refractivity contribution in [2.24, 2.45) is 0 Å². The molecule has 15 heteroatoms. The fourth-order valence-corrected chi connectivity index (χ4v) is 3.02. The monoisotopic (exact) mass is 306 g/mol. The van der Waals surface area contributed by atoms with Gasteiger partial charge in [-0.05, 0) is 0 Å². The Morgan fingerprint density at radius 1 is 0.667 bits per heavy atom. The van der Waals surface area contributed by atoms with Gasteiger partial charge < -0.3 is 14.2 Å². The van der Waals surface area contributed by atoms with E-state index in [-0.39, 0.29) is 0 Å². The summed E-state index contributed by atoms with van der Waals surface area (Å²) >= 11 is 0. The van der Waals surface area contributed by atoms with Gasteiger partial charge in [-0.1, -0.05) is 15.0 Å². The summed E-state index contributed by atoms with van der Waals surface area (Å²) < 4.78 is 15.6. The first kappa shape index (κ1) is 12.2. The summed E-state index contributed by atoms with van der Waals surface area (Å²) in [5.41, 5.74) is 0. The quantitative estimate of drug-likeness (QED) is 0.398. The Bertz CT molecular complexity index is 555. The fraction of sp³-hybridized carbons (Fsp3) is 1.00. The van der Waals surface area contributed by atoms with Crippen molar-refractivity contribution >= 4 is 0 Å². The number of ether oxygens (including phenoxy) is 3. The van der Waals surface area contributed by atoms with Crippen LogP contribution in [0.15, 0.2) is 0 Å². The van der Waals surface area contributed by atoms with Gasteiger partial charge in [0.25, 0.3) is 6.17 Å². The van der Waals surface area contributed by atoms with E-state index >= 15 is 0 Å². The molecular formula is C6H6N6O9. The molecular weight excluding hydrogens is 300 g/mol. The first-order valence-corrected chi connectivity index (χ1v) is 5.66. The van der Waals surface area contributed by atoms with E-state index in [9.17, 15) is 30.3 Å². The van der Waals surface area contributed by atoms with Gasteiger partial charge in [-0.25, -0.2) is 30.3 Å². The van der Waals surface area contributed by atoms with E-state index in [1.54, 1.807) is 0 Å². The lowest BCUT2D eigenvalue weighted by atomic mass is 10.2. The van der Waals surface area contributed by atoms with E-state index in [0.717, 1.165) is 0 Å². The van der Waals surface area contributed by atoms with Crippen LogP contribution in [0.5, 0.6) is 0 Å². The molecule has 6 unspecified atom stereocenters. The molecule has 5 aliphatic heterocycles. The number of nitro groups is 3. The van der Waals surface area contributed by atoms with Crippen molar-refractivity contribution in [1.29, 1.82) is 0 Å². The van der Waals surface area contributed by atoms with Crippen molar-refractivity contribution in [1.82, 2.24) is 15.0 Å². The Morgan fingerprint density at radius 2 is 1.14 bits per heavy atom. The maximum absolute atomic E-state index is 11.2. The molecule has 21 heavy (non-hydrogen) atoms. The van der Waals surface area contributed by atoms with Crippen LogP contribution in [0.2, 0.25) is 0 Å². The highest BCUT2D eigenvalue weighted by molar-refractivity contribution is 4.97. The lowest BCUT2D eigenvalue weighted by Crippen LogP contribution is -2.72. The van der Waals surface area contributed by atoms with Crippen LogP contribution < -0.4 is 0 Å². The lowest BCUT2D eigenvalue weighted by molar-refractivity contribution is -0.767. The van der Waals surface area contributed by atoms with Crippen LogP contribution in [0.3, 0.4) is 0 Å². The van der Waals surface area contributed by atoms with Crippen molar-refractivity contribution in [2.75, 3.05) is 0 Å². The number of rotatable bonds is 3. The fourth-order valence-electron chi connectivity index (χ4n) is 3.02. The number of hydrogen-bond acceptors (Lipinski definition) is 9. The van der Waals surface area contributed by atoms with E-state index in [1.165, 1.54) is 0 Å². The molecule has 0 radical (unpaired) electrons. The second kappa shape index (κ2) is 3.57. The zero-order chi connectivity index (χ0) is 15.0. The molecule has 15 nitrogen and oxygen atoms in total. The zero-order valence-electron chi connectivity index (χ0n) is 9.82. The highest BCUT2D eigenvalue weighted by atomic mass is 16.8. The molecule has 0 N–H and O–H groups in total. The van der Waals surface area contributed by atoms with Crippen molar-refractivity contribution in [3.63, 3.8) is 0 Å².